The first-order valence-electron chi connectivity index (χ1n) is 6.48. The molecular weight excluding hydrogens is 252 g/mol. The lowest BCUT2D eigenvalue weighted by molar-refractivity contribution is 0.100. The van der Waals surface area contributed by atoms with Gasteiger partial charge in [0.25, 0.3) is 5.56 Å². The standard InChI is InChI=1S/C16H14N2O2/c1-2-18-14-8-7-10(15(17)19)9-13(14)11-5-3-4-6-12(11)16(18)20/h3-9H,2H2,1H3,(H2,17,19). The van der Waals surface area contributed by atoms with Gasteiger partial charge < -0.3 is 10.3 Å². The molecule has 1 amide bonds. The summed E-state index contributed by atoms with van der Waals surface area (Å²) in [5.41, 5.74) is 6.60. The molecule has 4 heteroatoms. The van der Waals surface area contributed by atoms with Gasteiger partial charge in [-0.2, -0.15) is 0 Å². The predicted octanol–water partition coefficient (Wildman–Crippen LogP) is 2.27. The molecule has 4 nitrogen and oxygen atoms in total. The Kier molecular flexibility index (Phi) is 2.79. The van der Waals surface area contributed by atoms with Crippen molar-refractivity contribution in [2.24, 2.45) is 5.73 Å². The van der Waals surface area contributed by atoms with E-state index in [0.717, 1.165) is 16.3 Å². The minimum atomic E-state index is -0.467. The zero-order valence-electron chi connectivity index (χ0n) is 11.1. The van der Waals surface area contributed by atoms with Crippen molar-refractivity contribution in [1.29, 1.82) is 0 Å². The molecule has 0 radical (unpaired) electrons. The van der Waals surface area contributed by atoms with E-state index in [1.165, 1.54) is 0 Å². The molecule has 0 spiro atoms. The van der Waals surface area contributed by atoms with Crippen LogP contribution in [0, 0.1) is 0 Å². The molecule has 1 heterocycles. The number of carbonyl (C=O) groups excluding carboxylic acids is 1. The fourth-order valence-corrected chi connectivity index (χ4v) is 2.61. The average molecular weight is 266 g/mol. The van der Waals surface area contributed by atoms with Crippen LogP contribution < -0.4 is 11.3 Å². The number of hydrogen-bond donors (Lipinski definition) is 1. The van der Waals surface area contributed by atoms with Crippen LogP contribution in [0.2, 0.25) is 0 Å². The number of amides is 1. The van der Waals surface area contributed by atoms with Gasteiger partial charge in [-0.1, -0.05) is 18.2 Å². The molecule has 2 N–H and O–H groups in total. The number of aryl methyl sites for hydroxylation is 1. The first kappa shape index (κ1) is 12.4. The number of rotatable bonds is 2. The maximum Gasteiger partial charge on any atom is 0.258 e. The van der Waals surface area contributed by atoms with Gasteiger partial charge in [0, 0.05) is 22.9 Å². The molecular formula is C16H14N2O2. The van der Waals surface area contributed by atoms with Crippen molar-refractivity contribution in [3.63, 3.8) is 0 Å². The number of nitrogens with two attached hydrogens (primary N) is 1. The van der Waals surface area contributed by atoms with E-state index in [4.69, 9.17) is 5.73 Å². The number of primary amides is 1. The van der Waals surface area contributed by atoms with Gasteiger partial charge in [-0.25, -0.2) is 0 Å². The van der Waals surface area contributed by atoms with E-state index < -0.39 is 5.91 Å². The van der Waals surface area contributed by atoms with Crippen molar-refractivity contribution < 1.29 is 4.79 Å². The quantitative estimate of drug-likeness (QED) is 0.723. The van der Waals surface area contributed by atoms with E-state index in [9.17, 15) is 9.59 Å². The summed E-state index contributed by atoms with van der Waals surface area (Å²) in [4.78, 5) is 23.8. The third kappa shape index (κ3) is 1.69. The van der Waals surface area contributed by atoms with Crippen molar-refractivity contribution in [1.82, 2.24) is 4.57 Å². The first-order valence-corrected chi connectivity index (χ1v) is 6.48. The zero-order chi connectivity index (χ0) is 14.3. The third-order valence-electron chi connectivity index (χ3n) is 3.58. The number of pyridine rings is 1. The Morgan fingerprint density at radius 1 is 1.10 bits per heavy atom. The second kappa shape index (κ2) is 4.49. The summed E-state index contributed by atoms with van der Waals surface area (Å²) in [6.45, 7) is 2.51. The summed E-state index contributed by atoms with van der Waals surface area (Å²) in [7, 11) is 0. The van der Waals surface area contributed by atoms with Crippen molar-refractivity contribution >= 4 is 27.6 Å². The van der Waals surface area contributed by atoms with E-state index in [0.29, 0.717) is 17.5 Å². The highest BCUT2D eigenvalue weighted by Gasteiger charge is 2.11. The van der Waals surface area contributed by atoms with Gasteiger partial charge in [-0.15, -0.1) is 0 Å². The molecule has 0 aliphatic heterocycles. The highest BCUT2D eigenvalue weighted by atomic mass is 16.1. The molecule has 0 unspecified atom stereocenters. The van der Waals surface area contributed by atoms with Crippen LogP contribution in [0.4, 0.5) is 0 Å². The summed E-state index contributed by atoms with van der Waals surface area (Å²) in [5.74, 6) is -0.467. The summed E-state index contributed by atoms with van der Waals surface area (Å²) in [6.07, 6.45) is 0. The molecule has 20 heavy (non-hydrogen) atoms. The maximum atomic E-state index is 12.5. The minimum Gasteiger partial charge on any atom is -0.366 e. The fraction of sp³-hybridized carbons (Fsp3) is 0.125. The Balaban J connectivity index is 2.59. The largest absolute Gasteiger partial charge is 0.366 e. The van der Waals surface area contributed by atoms with Crippen LogP contribution >= 0.6 is 0 Å². The van der Waals surface area contributed by atoms with E-state index >= 15 is 0 Å². The number of fused-ring (bicyclic) bond motifs is 3. The number of carbonyl (C=O) groups is 1. The van der Waals surface area contributed by atoms with E-state index in [2.05, 4.69) is 0 Å². The van der Waals surface area contributed by atoms with E-state index in [-0.39, 0.29) is 5.56 Å². The molecule has 0 saturated carbocycles. The number of nitrogens with zero attached hydrogens (tertiary/aromatic N) is 1. The maximum absolute atomic E-state index is 12.5. The summed E-state index contributed by atoms with van der Waals surface area (Å²) >= 11 is 0. The summed E-state index contributed by atoms with van der Waals surface area (Å²) in [5, 5.41) is 2.38. The highest BCUT2D eigenvalue weighted by molar-refractivity contribution is 6.08. The van der Waals surface area contributed by atoms with Gasteiger partial charge in [-0.05, 0) is 36.6 Å². The Morgan fingerprint density at radius 2 is 1.80 bits per heavy atom. The molecule has 100 valence electrons. The van der Waals surface area contributed by atoms with Gasteiger partial charge in [-0.3, -0.25) is 9.59 Å². The Labute approximate surface area is 115 Å². The fourth-order valence-electron chi connectivity index (χ4n) is 2.61. The van der Waals surface area contributed by atoms with Gasteiger partial charge in [0.1, 0.15) is 0 Å². The average Bonchev–Trinajstić information content (AvgIpc) is 2.47. The van der Waals surface area contributed by atoms with Gasteiger partial charge >= 0.3 is 0 Å². The van der Waals surface area contributed by atoms with Crippen LogP contribution in [0.1, 0.15) is 17.3 Å². The van der Waals surface area contributed by atoms with Crippen molar-refractivity contribution in [2.45, 2.75) is 13.5 Å². The number of hydrogen-bond acceptors (Lipinski definition) is 2. The summed E-state index contributed by atoms with van der Waals surface area (Å²) in [6, 6.07) is 12.6. The molecule has 0 saturated heterocycles. The van der Waals surface area contributed by atoms with Crippen LogP contribution in [0.15, 0.2) is 47.3 Å². The molecule has 2 aromatic carbocycles. The van der Waals surface area contributed by atoms with E-state index in [1.807, 2.05) is 25.1 Å². The smallest absolute Gasteiger partial charge is 0.258 e. The normalized spacial score (nSPS) is 11.1. The number of aromatic nitrogens is 1. The lowest BCUT2D eigenvalue weighted by atomic mass is 10.0. The molecule has 3 aromatic rings. The van der Waals surface area contributed by atoms with Crippen LogP contribution in [0.25, 0.3) is 21.7 Å². The Bertz CT molecular complexity index is 894. The first-order chi connectivity index (χ1) is 9.63. The van der Waals surface area contributed by atoms with E-state index in [1.54, 1.807) is 28.8 Å². The monoisotopic (exact) mass is 266 g/mol. The van der Waals surface area contributed by atoms with Gasteiger partial charge in [0.05, 0.1) is 5.52 Å². The predicted molar refractivity (Wildman–Crippen MR) is 79.9 cm³/mol. The van der Waals surface area contributed by atoms with Crippen molar-refractivity contribution in [3.8, 4) is 0 Å². The third-order valence-corrected chi connectivity index (χ3v) is 3.58. The molecule has 0 aliphatic carbocycles. The van der Waals surface area contributed by atoms with Crippen LogP contribution in [0.5, 0.6) is 0 Å². The number of benzene rings is 2. The second-order valence-corrected chi connectivity index (χ2v) is 4.69. The van der Waals surface area contributed by atoms with Crippen molar-refractivity contribution in [3.05, 3.63) is 58.4 Å². The molecule has 3 rings (SSSR count). The molecule has 0 aliphatic rings. The second-order valence-electron chi connectivity index (χ2n) is 4.69. The zero-order valence-corrected chi connectivity index (χ0v) is 11.1. The van der Waals surface area contributed by atoms with Crippen LogP contribution in [-0.2, 0) is 6.54 Å². The molecule has 0 fully saturated rings. The topological polar surface area (TPSA) is 65.1 Å². The minimum absolute atomic E-state index is 0.0116. The van der Waals surface area contributed by atoms with Crippen LogP contribution in [-0.4, -0.2) is 10.5 Å². The van der Waals surface area contributed by atoms with Crippen molar-refractivity contribution in [2.75, 3.05) is 0 Å². The highest BCUT2D eigenvalue weighted by Crippen LogP contribution is 2.23. The SMILES string of the molecule is CCn1c(=O)c2ccccc2c2cc(C(N)=O)ccc21. The summed E-state index contributed by atoms with van der Waals surface area (Å²) < 4.78 is 1.71. The molecule has 0 atom stereocenters. The van der Waals surface area contributed by atoms with Gasteiger partial charge in [0.15, 0.2) is 0 Å². The lowest BCUT2D eigenvalue weighted by Crippen LogP contribution is -2.20. The van der Waals surface area contributed by atoms with Gasteiger partial charge in [0.2, 0.25) is 5.91 Å². The molecule has 0 bridgehead atoms. The van der Waals surface area contributed by atoms with Crippen LogP contribution in [0.3, 0.4) is 0 Å². The Hall–Kier alpha value is -2.62. The molecule has 1 aromatic heterocycles. The lowest BCUT2D eigenvalue weighted by Gasteiger charge is -2.12. The Morgan fingerprint density at radius 3 is 2.45 bits per heavy atom.